The maximum Gasteiger partial charge on any atom is 0.243 e. The molecule has 1 atom stereocenters. The number of aryl methyl sites for hydroxylation is 1. The van der Waals surface area contributed by atoms with Gasteiger partial charge in [0.25, 0.3) is 0 Å². The monoisotopic (exact) mass is 363 g/mol. The van der Waals surface area contributed by atoms with Gasteiger partial charge in [-0.25, -0.2) is 4.39 Å². The van der Waals surface area contributed by atoms with E-state index in [1.807, 2.05) is 13.8 Å². The van der Waals surface area contributed by atoms with Crippen molar-refractivity contribution in [1.29, 1.82) is 0 Å². The minimum absolute atomic E-state index is 0.0334. The molecule has 1 aromatic heterocycles. The molecule has 6 nitrogen and oxygen atoms in total. The highest BCUT2D eigenvalue weighted by Crippen LogP contribution is 2.20. The molecule has 0 bridgehead atoms. The van der Waals surface area contributed by atoms with Gasteiger partial charge in [0, 0.05) is 31.9 Å². The molecule has 3 rings (SSSR count). The summed E-state index contributed by atoms with van der Waals surface area (Å²) in [5, 5.41) is 12.1. The standard InChI is InChI=1S/C17H22FN5OS/c1-3-15(16(24)19-17-21-20-12(2)25-17)23-10-8-22(9-11-23)14-6-4-13(18)5-7-14/h4-7,15H,3,8-11H2,1-2H3,(H,19,21,24)/t15-/m1/s1. The number of hydrogen-bond donors (Lipinski definition) is 1. The van der Waals surface area contributed by atoms with E-state index in [1.54, 1.807) is 12.1 Å². The van der Waals surface area contributed by atoms with Crippen molar-refractivity contribution in [3.05, 3.63) is 35.1 Å². The molecule has 0 saturated carbocycles. The number of piperazine rings is 1. The second kappa shape index (κ2) is 7.88. The molecule has 0 radical (unpaired) electrons. The first-order valence-electron chi connectivity index (χ1n) is 8.42. The van der Waals surface area contributed by atoms with Gasteiger partial charge in [-0.15, -0.1) is 10.2 Å². The number of amides is 1. The van der Waals surface area contributed by atoms with Crippen molar-refractivity contribution >= 4 is 28.1 Å². The third-order valence-corrected chi connectivity index (χ3v) is 5.15. The maximum atomic E-state index is 13.1. The number of anilines is 2. The van der Waals surface area contributed by atoms with Gasteiger partial charge in [-0.2, -0.15) is 0 Å². The Morgan fingerprint density at radius 2 is 1.92 bits per heavy atom. The lowest BCUT2D eigenvalue weighted by molar-refractivity contribution is -0.121. The summed E-state index contributed by atoms with van der Waals surface area (Å²) in [7, 11) is 0. The molecule has 2 heterocycles. The Labute approximate surface area is 150 Å². The summed E-state index contributed by atoms with van der Waals surface area (Å²) in [6, 6.07) is 6.38. The fourth-order valence-corrected chi connectivity index (χ4v) is 3.68. The summed E-state index contributed by atoms with van der Waals surface area (Å²) in [6.07, 6.45) is 0.736. The zero-order chi connectivity index (χ0) is 17.8. The largest absolute Gasteiger partial charge is 0.369 e. The van der Waals surface area contributed by atoms with Crippen LogP contribution >= 0.6 is 11.3 Å². The number of benzene rings is 1. The van der Waals surface area contributed by atoms with Crippen LogP contribution in [-0.2, 0) is 4.79 Å². The second-order valence-electron chi connectivity index (χ2n) is 6.04. The van der Waals surface area contributed by atoms with Crippen molar-refractivity contribution in [2.24, 2.45) is 0 Å². The van der Waals surface area contributed by atoms with E-state index in [0.717, 1.165) is 43.3 Å². The highest BCUT2D eigenvalue weighted by molar-refractivity contribution is 7.15. The highest BCUT2D eigenvalue weighted by atomic mass is 32.1. The van der Waals surface area contributed by atoms with Gasteiger partial charge in [0.2, 0.25) is 11.0 Å². The first kappa shape index (κ1) is 17.8. The topological polar surface area (TPSA) is 61.4 Å². The number of nitrogens with one attached hydrogen (secondary N) is 1. The van der Waals surface area contributed by atoms with Gasteiger partial charge in [0.15, 0.2) is 0 Å². The Balaban J connectivity index is 1.58. The van der Waals surface area contributed by atoms with Crippen LogP contribution < -0.4 is 10.2 Å². The summed E-state index contributed by atoms with van der Waals surface area (Å²) in [6.45, 7) is 7.08. The molecule has 0 aliphatic carbocycles. The van der Waals surface area contributed by atoms with E-state index in [4.69, 9.17) is 0 Å². The minimum atomic E-state index is -0.225. The van der Waals surface area contributed by atoms with Crippen molar-refractivity contribution in [3.63, 3.8) is 0 Å². The third kappa shape index (κ3) is 4.32. The molecule has 1 saturated heterocycles. The van der Waals surface area contributed by atoms with E-state index in [9.17, 15) is 9.18 Å². The molecule has 25 heavy (non-hydrogen) atoms. The fourth-order valence-electron chi connectivity index (χ4n) is 3.09. The summed E-state index contributed by atoms with van der Waals surface area (Å²) < 4.78 is 13.1. The summed E-state index contributed by atoms with van der Waals surface area (Å²) >= 11 is 1.38. The van der Waals surface area contributed by atoms with Crippen LogP contribution in [0.1, 0.15) is 18.4 Å². The fraction of sp³-hybridized carbons (Fsp3) is 0.471. The molecule has 1 N–H and O–H groups in total. The highest BCUT2D eigenvalue weighted by Gasteiger charge is 2.28. The Morgan fingerprint density at radius 3 is 2.48 bits per heavy atom. The molecular formula is C17H22FN5OS. The molecule has 1 aliphatic rings. The maximum absolute atomic E-state index is 13.1. The molecule has 0 unspecified atom stereocenters. The third-order valence-electron chi connectivity index (χ3n) is 4.39. The quantitative estimate of drug-likeness (QED) is 0.885. The van der Waals surface area contributed by atoms with Gasteiger partial charge < -0.3 is 4.90 Å². The number of carbonyl (C=O) groups is 1. The van der Waals surface area contributed by atoms with Gasteiger partial charge in [-0.05, 0) is 37.6 Å². The molecule has 8 heteroatoms. The molecule has 0 spiro atoms. The Kier molecular flexibility index (Phi) is 5.60. The molecule has 1 aliphatic heterocycles. The van der Waals surface area contributed by atoms with E-state index in [2.05, 4.69) is 25.3 Å². The van der Waals surface area contributed by atoms with E-state index in [0.29, 0.717) is 5.13 Å². The molecule has 134 valence electrons. The summed E-state index contributed by atoms with van der Waals surface area (Å²) in [5.41, 5.74) is 1.02. The van der Waals surface area contributed by atoms with Gasteiger partial charge in [0.1, 0.15) is 10.8 Å². The molecule has 1 aromatic carbocycles. The van der Waals surface area contributed by atoms with Crippen LogP contribution in [0.25, 0.3) is 0 Å². The van der Waals surface area contributed by atoms with E-state index >= 15 is 0 Å². The van der Waals surface area contributed by atoms with Crippen molar-refractivity contribution in [2.45, 2.75) is 26.3 Å². The number of carbonyl (C=O) groups excluding carboxylic acids is 1. The van der Waals surface area contributed by atoms with Crippen LogP contribution in [0.2, 0.25) is 0 Å². The van der Waals surface area contributed by atoms with E-state index in [1.165, 1.54) is 23.5 Å². The lowest BCUT2D eigenvalue weighted by Gasteiger charge is -2.39. The molecule has 1 fully saturated rings. The number of hydrogen-bond acceptors (Lipinski definition) is 6. The van der Waals surface area contributed by atoms with Gasteiger partial charge >= 0.3 is 0 Å². The second-order valence-corrected chi connectivity index (χ2v) is 7.22. The first-order valence-corrected chi connectivity index (χ1v) is 9.24. The van der Waals surface area contributed by atoms with Gasteiger partial charge in [0.05, 0.1) is 6.04 Å². The van der Waals surface area contributed by atoms with Crippen molar-refractivity contribution < 1.29 is 9.18 Å². The van der Waals surface area contributed by atoms with Crippen LogP contribution in [0.5, 0.6) is 0 Å². The van der Waals surface area contributed by atoms with Gasteiger partial charge in [-0.1, -0.05) is 18.3 Å². The van der Waals surface area contributed by atoms with Crippen LogP contribution in [0.4, 0.5) is 15.2 Å². The van der Waals surface area contributed by atoms with Crippen LogP contribution in [0, 0.1) is 12.7 Å². The number of aromatic nitrogens is 2. The lowest BCUT2D eigenvalue weighted by Crippen LogP contribution is -2.53. The lowest BCUT2D eigenvalue weighted by atomic mass is 10.1. The van der Waals surface area contributed by atoms with Crippen molar-refractivity contribution in [3.8, 4) is 0 Å². The normalized spacial score (nSPS) is 16.7. The number of rotatable bonds is 5. The molecular weight excluding hydrogens is 341 g/mol. The summed E-state index contributed by atoms with van der Waals surface area (Å²) in [4.78, 5) is 17.0. The van der Waals surface area contributed by atoms with Crippen LogP contribution in [0.15, 0.2) is 24.3 Å². The molecule has 1 amide bonds. The van der Waals surface area contributed by atoms with Gasteiger partial charge in [-0.3, -0.25) is 15.0 Å². The Bertz CT molecular complexity index is 712. The Morgan fingerprint density at radius 1 is 1.24 bits per heavy atom. The van der Waals surface area contributed by atoms with Crippen molar-refractivity contribution in [1.82, 2.24) is 15.1 Å². The Hall–Kier alpha value is -2.06. The smallest absolute Gasteiger partial charge is 0.243 e. The predicted octanol–water partition coefficient (Wildman–Crippen LogP) is 2.52. The SMILES string of the molecule is CC[C@H](C(=O)Nc1nnc(C)s1)N1CCN(c2ccc(F)cc2)CC1. The number of halogens is 1. The zero-order valence-corrected chi connectivity index (χ0v) is 15.2. The van der Waals surface area contributed by atoms with E-state index in [-0.39, 0.29) is 17.8 Å². The zero-order valence-electron chi connectivity index (χ0n) is 14.4. The van der Waals surface area contributed by atoms with Crippen molar-refractivity contribution in [2.75, 3.05) is 36.4 Å². The number of nitrogens with zero attached hydrogens (tertiary/aromatic N) is 4. The van der Waals surface area contributed by atoms with Crippen LogP contribution in [-0.4, -0.2) is 53.2 Å². The average molecular weight is 363 g/mol. The molecule has 2 aromatic rings. The average Bonchev–Trinajstić information content (AvgIpc) is 3.02. The summed E-state index contributed by atoms with van der Waals surface area (Å²) in [5.74, 6) is -0.258. The first-order chi connectivity index (χ1) is 12.1. The minimum Gasteiger partial charge on any atom is -0.369 e. The predicted molar refractivity (Wildman–Crippen MR) is 97.5 cm³/mol. The van der Waals surface area contributed by atoms with Crippen LogP contribution in [0.3, 0.4) is 0 Å². The van der Waals surface area contributed by atoms with E-state index < -0.39 is 0 Å².